The fraction of sp³-hybridized carbons (Fsp3) is 0.167. The molecular weight excluding hydrogens is 448 g/mol. The van der Waals surface area contributed by atoms with Gasteiger partial charge in [0.15, 0.2) is 0 Å². The first-order valence-corrected chi connectivity index (χ1v) is 12.0. The Morgan fingerprint density at radius 3 is 2.44 bits per heavy atom. The molecule has 0 aromatic heterocycles. The predicted molar refractivity (Wildman–Crippen MR) is 123 cm³/mol. The second kappa shape index (κ2) is 8.76. The number of fused-ring (bicyclic) bond motifs is 2. The number of rotatable bonds is 5. The van der Waals surface area contributed by atoms with Crippen molar-refractivity contribution in [2.45, 2.75) is 23.1 Å². The second-order valence-electron chi connectivity index (χ2n) is 7.36. The van der Waals surface area contributed by atoms with Gasteiger partial charge in [0.25, 0.3) is 11.8 Å². The minimum atomic E-state index is -3.92. The van der Waals surface area contributed by atoms with Gasteiger partial charge in [-0.2, -0.15) is 0 Å². The van der Waals surface area contributed by atoms with Gasteiger partial charge in [0, 0.05) is 23.7 Å². The lowest BCUT2D eigenvalue weighted by molar-refractivity contribution is 0.0950. The fourth-order valence-corrected chi connectivity index (χ4v) is 5.49. The van der Waals surface area contributed by atoms with Gasteiger partial charge in [0.2, 0.25) is 9.84 Å². The van der Waals surface area contributed by atoms with E-state index in [4.69, 9.17) is 11.6 Å². The molecule has 1 aliphatic rings. The van der Waals surface area contributed by atoms with E-state index in [1.807, 2.05) is 12.1 Å². The molecule has 6 nitrogen and oxygen atoms in total. The number of nitrogens with zero attached hydrogens (tertiary/aromatic N) is 1. The molecular formula is C24H21ClN2O4S. The Kier molecular flexibility index (Phi) is 6.04. The largest absolute Gasteiger partial charge is 0.352 e. The van der Waals surface area contributed by atoms with Crippen LogP contribution in [0, 0.1) is 0 Å². The highest BCUT2D eigenvalue weighted by Gasteiger charge is 2.35. The number of hydrogen-bond acceptors (Lipinski definition) is 4. The van der Waals surface area contributed by atoms with Gasteiger partial charge < -0.3 is 10.2 Å². The highest BCUT2D eigenvalue weighted by molar-refractivity contribution is 7.91. The number of amides is 2. The minimum absolute atomic E-state index is 0.00960. The summed E-state index contributed by atoms with van der Waals surface area (Å²) >= 11 is 5.89. The zero-order valence-electron chi connectivity index (χ0n) is 17.3. The van der Waals surface area contributed by atoms with Crippen LogP contribution in [-0.2, 0) is 16.3 Å². The van der Waals surface area contributed by atoms with Crippen molar-refractivity contribution in [3.05, 3.63) is 88.4 Å². The Bertz CT molecular complexity index is 1300. The molecule has 0 fully saturated rings. The van der Waals surface area contributed by atoms with Crippen LogP contribution < -0.4 is 10.2 Å². The van der Waals surface area contributed by atoms with Crippen molar-refractivity contribution in [1.29, 1.82) is 0 Å². The molecule has 3 aromatic rings. The van der Waals surface area contributed by atoms with Gasteiger partial charge >= 0.3 is 0 Å². The molecule has 0 aliphatic carbocycles. The maximum absolute atomic E-state index is 13.3. The molecule has 0 bridgehead atoms. The molecule has 1 N–H and O–H groups in total. The first kappa shape index (κ1) is 22.0. The topological polar surface area (TPSA) is 83.6 Å². The van der Waals surface area contributed by atoms with Crippen molar-refractivity contribution in [3.8, 4) is 0 Å². The van der Waals surface area contributed by atoms with E-state index in [2.05, 4.69) is 5.32 Å². The van der Waals surface area contributed by atoms with Crippen LogP contribution in [0.2, 0.25) is 5.02 Å². The number of halogens is 1. The van der Waals surface area contributed by atoms with Gasteiger partial charge in [-0.05, 0) is 61.4 Å². The molecule has 0 atom stereocenters. The number of carbonyl (C=O) groups excluding carboxylic acids is 2. The van der Waals surface area contributed by atoms with Crippen molar-refractivity contribution in [2.24, 2.45) is 0 Å². The zero-order valence-corrected chi connectivity index (χ0v) is 18.9. The summed E-state index contributed by atoms with van der Waals surface area (Å²) in [6.45, 7) is 2.43. The monoisotopic (exact) mass is 468 g/mol. The first-order chi connectivity index (χ1) is 15.3. The van der Waals surface area contributed by atoms with E-state index in [9.17, 15) is 18.0 Å². The summed E-state index contributed by atoms with van der Waals surface area (Å²) in [5, 5.41) is 3.49. The number of nitrogens with one attached hydrogen (secondary N) is 1. The third-order valence-corrected chi connectivity index (χ3v) is 7.49. The van der Waals surface area contributed by atoms with Crippen LogP contribution in [0.25, 0.3) is 0 Å². The standard InChI is InChI=1S/C24H21ClN2O4S/c1-2-27-20-15-17(23(28)26-14-13-16-7-10-18(25)11-8-16)9-12-22(20)32(30,31)21-6-4-3-5-19(21)24(27)29/h3-12,15H,2,13-14H2,1H3,(H,26,28). The molecule has 0 saturated heterocycles. The molecule has 1 heterocycles. The number of sulfone groups is 1. The molecule has 0 spiro atoms. The zero-order chi connectivity index (χ0) is 22.9. The molecule has 4 rings (SSSR count). The van der Waals surface area contributed by atoms with Gasteiger partial charge in [-0.15, -0.1) is 0 Å². The molecule has 164 valence electrons. The van der Waals surface area contributed by atoms with Crippen molar-refractivity contribution >= 4 is 38.9 Å². The Morgan fingerprint density at radius 1 is 1.00 bits per heavy atom. The van der Waals surface area contributed by atoms with Gasteiger partial charge in [-0.3, -0.25) is 9.59 Å². The van der Waals surface area contributed by atoms with Crippen molar-refractivity contribution in [1.82, 2.24) is 5.32 Å². The van der Waals surface area contributed by atoms with Gasteiger partial charge in [-0.25, -0.2) is 8.42 Å². The molecule has 32 heavy (non-hydrogen) atoms. The summed E-state index contributed by atoms with van der Waals surface area (Å²) in [6.07, 6.45) is 0.622. The van der Waals surface area contributed by atoms with E-state index in [1.54, 1.807) is 31.2 Å². The summed E-state index contributed by atoms with van der Waals surface area (Å²) in [5.74, 6) is -0.754. The molecule has 0 saturated carbocycles. The van der Waals surface area contributed by atoms with Gasteiger partial charge in [-0.1, -0.05) is 35.9 Å². The van der Waals surface area contributed by atoms with Gasteiger partial charge in [0.1, 0.15) is 0 Å². The van der Waals surface area contributed by atoms with E-state index >= 15 is 0 Å². The van der Waals surface area contributed by atoms with Crippen LogP contribution in [0.1, 0.15) is 33.2 Å². The van der Waals surface area contributed by atoms with Crippen LogP contribution in [0.5, 0.6) is 0 Å². The fourth-order valence-electron chi connectivity index (χ4n) is 3.74. The Balaban J connectivity index is 1.63. The summed E-state index contributed by atoms with van der Waals surface area (Å²) in [5.41, 5.74) is 1.65. The molecule has 3 aromatic carbocycles. The smallest absolute Gasteiger partial charge is 0.259 e. The third-order valence-electron chi connectivity index (χ3n) is 5.38. The number of benzene rings is 3. The Hall–Kier alpha value is -3.16. The minimum Gasteiger partial charge on any atom is -0.352 e. The summed E-state index contributed by atoms with van der Waals surface area (Å²) in [4.78, 5) is 27.2. The van der Waals surface area contributed by atoms with E-state index in [-0.39, 0.29) is 39.1 Å². The summed E-state index contributed by atoms with van der Waals surface area (Å²) in [7, 11) is -3.92. The predicted octanol–water partition coefficient (Wildman–Crippen LogP) is 4.13. The van der Waals surface area contributed by atoms with Crippen LogP contribution in [-0.4, -0.2) is 33.3 Å². The second-order valence-corrected chi connectivity index (χ2v) is 9.69. The van der Waals surface area contributed by atoms with Crippen LogP contribution in [0.4, 0.5) is 5.69 Å². The molecule has 1 aliphatic heterocycles. The first-order valence-electron chi connectivity index (χ1n) is 10.2. The van der Waals surface area contributed by atoms with E-state index in [0.29, 0.717) is 18.0 Å². The van der Waals surface area contributed by atoms with Crippen LogP contribution in [0.3, 0.4) is 0 Å². The van der Waals surface area contributed by atoms with Crippen molar-refractivity contribution in [3.63, 3.8) is 0 Å². The van der Waals surface area contributed by atoms with Crippen LogP contribution in [0.15, 0.2) is 76.5 Å². The maximum Gasteiger partial charge on any atom is 0.259 e. The Labute approximate surface area is 191 Å². The highest BCUT2D eigenvalue weighted by Crippen LogP contribution is 2.37. The lowest BCUT2D eigenvalue weighted by Crippen LogP contribution is -2.31. The summed E-state index contributed by atoms with van der Waals surface area (Å²) in [6, 6.07) is 17.9. The quantitative estimate of drug-likeness (QED) is 0.610. The summed E-state index contributed by atoms with van der Waals surface area (Å²) < 4.78 is 26.5. The van der Waals surface area contributed by atoms with Crippen molar-refractivity contribution < 1.29 is 18.0 Å². The average molecular weight is 469 g/mol. The number of carbonyl (C=O) groups is 2. The van der Waals surface area contributed by atoms with Crippen LogP contribution >= 0.6 is 11.6 Å². The SMILES string of the molecule is CCN1C(=O)c2ccccc2S(=O)(=O)c2ccc(C(=O)NCCc3ccc(Cl)cc3)cc21. The average Bonchev–Trinajstić information content (AvgIpc) is 2.86. The van der Waals surface area contributed by atoms with E-state index < -0.39 is 15.7 Å². The highest BCUT2D eigenvalue weighted by atomic mass is 35.5. The van der Waals surface area contributed by atoms with Gasteiger partial charge in [0.05, 0.1) is 21.0 Å². The Morgan fingerprint density at radius 2 is 1.72 bits per heavy atom. The molecule has 2 amide bonds. The van der Waals surface area contributed by atoms with Crippen molar-refractivity contribution in [2.75, 3.05) is 18.0 Å². The van der Waals surface area contributed by atoms with E-state index in [0.717, 1.165) is 5.56 Å². The third kappa shape index (κ3) is 4.01. The normalized spacial score (nSPS) is 14.3. The lowest BCUT2D eigenvalue weighted by atomic mass is 10.1. The maximum atomic E-state index is 13.3. The lowest BCUT2D eigenvalue weighted by Gasteiger charge is -2.21. The molecule has 8 heteroatoms. The molecule has 0 unspecified atom stereocenters. The number of hydrogen-bond donors (Lipinski definition) is 1. The molecule has 0 radical (unpaired) electrons. The van der Waals surface area contributed by atoms with E-state index in [1.165, 1.54) is 35.2 Å². The number of anilines is 1.